The van der Waals surface area contributed by atoms with Crippen molar-refractivity contribution in [3.63, 3.8) is 0 Å². The van der Waals surface area contributed by atoms with Gasteiger partial charge in [0.05, 0.1) is 0 Å². The summed E-state index contributed by atoms with van der Waals surface area (Å²) in [6.45, 7) is 9.39. The van der Waals surface area contributed by atoms with Crippen molar-refractivity contribution in [2.45, 2.75) is 103 Å². The molecule has 0 aliphatic heterocycles. The first kappa shape index (κ1) is 33.1. The Morgan fingerprint density at radius 2 is 1.02 bits per heavy atom. The molecular formula is C39H55NSiZr. The van der Waals surface area contributed by atoms with Crippen LogP contribution in [0.4, 0.5) is 0 Å². The van der Waals surface area contributed by atoms with Gasteiger partial charge in [-0.2, -0.15) is 0 Å². The Labute approximate surface area is 263 Å². The predicted octanol–water partition coefficient (Wildman–Crippen LogP) is 10.00. The molecule has 0 aromatic heterocycles. The summed E-state index contributed by atoms with van der Waals surface area (Å²) in [5, 5.41) is 1.68. The van der Waals surface area contributed by atoms with Gasteiger partial charge in [-0.15, -0.1) is 0 Å². The van der Waals surface area contributed by atoms with Crippen molar-refractivity contribution in [1.29, 1.82) is 0 Å². The second-order valence-corrected chi connectivity index (χ2v) is 33.8. The molecule has 224 valence electrons. The largest absolute Gasteiger partial charge is 0.0622 e. The minimum Gasteiger partial charge on any atom is -0.0622 e. The zero-order valence-electron chi connectivity index (χ0n) is 27.1. The van der Waals surface area contributed by atoms with Crippen LogP contribution in [0.25, 0.3) is 11.1 Å². The molecular weight excluding hydrogens is 602 g/mol. The van der Waals surface area contributed by atoms with Crippen LogP contribution in [-0.4, -0.2) is 12.7 Å². The Balaban J connectivity index is 0.000000279. The third-order valence-electron chi connectivity index (χ3n) is 9.89. The molecule has 3 aromatic carbocycles. The van der Waals surface area contributed by atoms with Gasteiger partial charge in [0, 0.05) is 0 Å². The van der Waals surface area contributed by atoms with Gasteiger partial charge in [0.1, 0.15) is 0 Å². The van der Waals surface area contributed by atoms with Crippen LogP contribution in [-0.2, 0) is 19.7 Å². The van der Waals surface area contributed by atoms with Crippen LogP contribution in [0.5, 0.6) is 0 Å². The first-order chi connectivity index (χ1) is 20.4. The molecule has 5 rings (SSSR count). The Morgan fingerprint density at radius 3 is 1.45 bits per heavy atom. The maximum atomic E-state index is 4.55. The average molecular weight is 657 g/mol. The molecule has 0 spiro atoms. The van der Waals surface area contributed by atoms with Gasteiger partial charge < -0.3 is 0 Å². The van der Waals surface area contributed by atoms with E-state index in [0.29, 0.717) is 5.92 Å². The minimum absolute atomic E-state index is 0.305. The molecule has 3 aromatic rings. The fourth-order valence-electron chi connectivity index (χ4n) is 7.33. The van der Waals surface area contributed by atoms with Crippen LogP contribution < -0.4 is 8.45 Å². The van der Waals surface area contributed by atoms with Crippen molar-refractivity contribution >= 4 is 11.8 Å². The summed E-state index contributed by atoms with van der Waals surface area (Å²) in [4.78, 5) is 0. The van der Waals surface area contributed by atoms with Crippen LogP contribution in [0.1, 0.15) is 91.9 Å². The maximum Gasteiger partial charge on any atom is -0.0184 e. The van der Waals surface area contributed by atoms with E-state index in [4.69, 9.17) is 0 Å². The zero-order valence-corrected chi connectivity index (χ0v) is 31.0. The first-order valence-corrected chi connectivity index (χ1v) is 28.2. The molecule has 1 saturated carbocycles. The van der Waals surface area contributed by atoms with Gasteiger partial charge in [-0.3, -0.25) is 0 Å². The molecule has 0 saturated heterocycles. The van der Waals surface area contributed by atoms with Crippen LogP contribution in [0.2, 0.25) is 4.63 Å². The van der Waals surface area contributed by atoms with E-state index in [2.05, 4.69) is 114 Å². The summed E-state index contributed by atoms with van der Waals surface area (Å²) in [6.07, 6.45) is 14.4. The smallest absolute Gasteiger partial charge is 0.0184 e. The first-order valence-electron chi connectivity index (χ1n) is 16.7. The quantitative estimate of drug-likeness (QED) is 0.261. The molecule has 2 aliphatic rings. The average Bonchev–Trinajstić information content (AvgIpc) is 3.18. The van der Waals surface area contributed by atoms with Crippen molar-refractivity contribution in [3.8, 4) is 11.1 Å². The van der Waals surface area contributed by atoms with E-state index in [1.165, 1.54) is 75.3 Å². The van der Waals surface area contributed by atoms with E-state index < -0.39 is 19.7 Å². The number of allylic oxidation sites excluding steroid dienone is 4. The van der Waals surface area contributed by atoms with E-state index in [1.807, 2.05) is 15.4 Å². The summed E-state index contributed by atoms with van der Waals surface area (Å²) < 4.78 is 9.22. The van der Waals surface area contributed by atoms with Crippen molar-refractivity contribution in [3.05, 3.63) is 111 Å². The Kier molecular flexibility index (Phi) is 13.3. The Morgan fingerprint density at radius 1 is 0.595 bits per heavy atom. The van der Waals surface area contributed by atoms with Gasteiger partial charge >= 0.3 is 194 Å². The van der Waals surface area contributed by atoms with E-state index in [9.17, 15) is 0 Å². The Bertz CT molecular complexity index is 1230. The van der Waals surface area contributed by atoms with Crippen molar-refractivity contribution in [2.24, 2.45) is 5.92 Å². The number of hydrogen-bond acceptors (Lipinski definition) is 1. The van der Waals surface area contributed by atoms with E-state index in [0.717, 1.165) is 6.04 Å². The molecule has 2 atom stereocenters. The topological polar surface area (TPSA) is 12.0 Å². The SMILES string of the molecule is CC1=C(C)C(C)[C]([Zr]([CH3])([NH]C2CCCCCCCCCC2)[SiH2]c2ccccc2)=C1C.c1ccc(-c2ccccc2)cc1. The fourth-order valence-corrected chi connectivity index (χ4v) is 32.6. The molecule has 1 nitrogen and oxygen atoms in total. The van der Waals surface area contributed by atoms with Crippen molar-refractivity contribution < 1.29 is 19.7 Å². The molecule has 3 heteroatoms. The molecule has 0 radical (unpaired) electrons. The Hall–Kier alpha value is -1.80. The zero-order chi connectivity index (χ0) is 29.8. The number of benzene rings is 3. The molecule has 0 heterocycles. The summed E-state index contributed by atoms with van der Waals surface area (Å²) in [6, 6.07) is 33.1. The van der Waals surface area contributed by atoms with Gasteiger partial charge in [-0.1, -0.05) is 60.7 Å². The molecule has 42 heavy (non-hydrogen) atoms. The fraction of sp³-hybridized carbons (Fsp3) is 0.436. The van der Waals surface area contributed by atoms with Gasteiger partial charge in [-0.05, 0) is 11.1 Å². The second kappa shape index (κ2) is 16.9. The second-order valence-electron chi connectivity index (χ2n) is 13.0. The maximum absolute atomic E-state index is 4.55. The van der Waals surface area contributed by atoms with Crippen LogP contribution in [0.3, 0.4) is 0 Å². The van der Waals surface area contributed by atoms with Gasteiger partial charge in [0.15, 0.2) is 0 Å². The minimum atomic E-state index is -2.66. The third kappa shape index (κ3) is 9.35. The van der Waals surface area contributed by atoms with E-state index in [1.54, 1.807) is 21.9 Å². The standard InChI is InChI=1S/C12H10.C11H22N.C9H13.C6H7Si.CH3.Zr/c1-3-7-11(8-4-1)12-9-5-2-6-10-12;12-11-9-7-5-3-1-2-4-6-8-10-11;1-6-5-7(2)9(4)8(6)3;7-6-4-2-1-3-5-6;;/h1-10H;11-12H,1-10H2;6H,1-4H3;1-5H,7H2;1H3;/q;-1;;;;+1. The third-order valence-corrected chi connectivity index (χ3v) is 30.6. The summed E-state index contributed by atoms with van der Waals surface area (Å²) in [5.74, 6) is 0.664. The van der Waals surface area contributed by atoms with Gasteiger partial charge in [-0.25, -0.2) is 0 Å². The molecule has 0 amide bonds. The van der Waals surface area contributed by atoms with Crippen molar-refractivity contribution in [2.75, 3.05) is 0 Å². The van der Waals surface area contributed by atoms with Crippen LogP contribution >= 0.6 is 0 Å². The predicted molar refractivity (Wildman–Crippen MR) is 186 cm³/mol. The summed E-state index contributed by atoms with van der Waals surface area (Å²) in [5.41, 5.74) is 7.44. The molecule has 2 unspecified atom stereocenters. The molecule has 0 bridgehead atoms. The summed E-state index contributed by atoms with van der Waals surface area (Å²) in [7, 11) is 0. The molecule has 2 aliphatic carbocycles. The van der Waals surface area contributed by atoms with Gasteiger partial charge in [0.25, 0.3) is 0 Å². The van der Waals surface area contributed by atoms with Crippen molar-refractivity contribution in [1.82, 2.24) is 3.26 Å². The normalized spacial score (nSPS) is 20.6. The monoisotopic (exact) mass is 655 g/mol. The number of nitrogens with one attached hydrogen (secondary N) is 1. The molecule has 1 fully saturated rings. The van der Waals surface area contributed by atoms with E-state index >= 15 is 0 Å². The number of hydrogen-bond donors (Lipinski definition) is 1. The van der Waals surface area contributed by atoms with Crippen LogP contribution in [0.15, 0.2) is 111 Å². The number of rotatable bonds is 6. The molecule has 1 N–H and O–H groups in total. The van der Waals surface area contributed by atoms with Gasteiger partial charge in [0.2, 0.25) is 0 Å². The van der Waals surface area contributed by atoms with Crippen LogP contribution in [0, 0.1) is 5.92 Å². The van der Waals surface area contributed by atoms with E-state index in [-0.39, 0.29) is 6.65 Å². The summed E-state index contributed by atoms with van der Waals surface area (Å²) >= 11 is -2.66.